The molecular weight excluding hydrogens is 254 g/mol. The third-order valence-corrected chi connectivity index (χ3v) is 2.88. The standard InChI is InChI=1S/C12H18BrNO/c1-8(2)14-9(3)10-5-6-12(15-4)11(13)7-10/h5-9,14H,1-4H3. The van der Waals surface area contributed by atoms with Gasteiger partial charge in [-0.2, -0.15) is 0 Å². The van der Waals surface area contributed by atoms with Gasteiger partial charge in [-0.25, -0.2) is 0 Å². The minimum absolute atomic E-state index is 0.354. The van der Waals surface area contributed by atoms with Gasteiger partial charge in [0.1, 0.15) is 5.75 Å². The summed E-state index contributed by atoms with van der Waals surface area (Å²) < 4.78 is 6.19. The summed E-state index contributed by atoms with van der Waals surface area (Å²) in [4.78, 5) is 0. The van der Waals surface area contributed by atoms with E-state index in [4.69, 9.17) is 4.74 Å². The van der Waals surface area contributed by atoms with E-state index in [1.807, 2.05) is 6.07 Å². The number of ether oxygens (including phenoxy) is 1. The summed E-state index contributed by atoms with van der Waals surface area (Å²) in [5.41, 5.74) is 1.26. The molecule has 1 rings (SSSR count). The van der Waals surface area contributed by atoms with Crippen LogP contribution in [-0.4, -0.2) is 13.2 Å². The first-order valence-electron chi connectivity index (χ1n) is 5.14. The van der Waals surface area contributed by atoms with Crippen LogP contribution in [0.4, 0.5) is 0 Å². The van der Waals surface area contributed by atoms with Gasteiger partial charge >= 0.3 is 0 Å². The van der Waals surface area contributed by atoms with Gasteiger partial charge in [0.2, 0.25) is 0 Å². The van der Waals surface area contributed by atoms with Gasteiger partial charge in [-0.15, -0.1) is 0 Å². The van der Waals surface area contributed by atoms with E-state index in [1.54, 1.807) is 7.11 Å². The number of hydrogen-bond acceptors (Lipinski definition) is 2. The smallest absolute Gasteiger partial charge is 0.133 e. The highest BCUT2D eigenvalue weighted by Crippen LogP contribution is 2.27. The summed E-state index contributed by atoms with van der Waals surface area (Å²) in [6.07, 6.45) is 0. The van der Waals surface area contributed by atoms with E-state index in [0.717, 1.165) is 10.2 Å². The Balaban J connectivity index is 2.82. The zero-order valence-electron chi connectivity index (χ0n) is 9.67. The number of halogens is 1. The molecule has 1 atom stereocenters. The molecule has 0 bridgehead atoms. The molecule has 0 aliphatic heterocycles. The quantitative estimate of drug-likeness (QED) is 0.905. The maximum Gasteiger partial charge on any atom is 0.133 e. The Morgan fingerprint density at radius 1 is 1.27 bits per heavy atom. The van der Waals surface area contributed by atoms with Crippen molar-refractivity contribution in [2.75, 3.05) is 7.11 Å². The Morgan fingerprint density at radius 3 is 2.40 bits per heavy atom. The Kier molecular flexibility index (Phi) is 4.61. The minimum atomic E-state index is 0.354. The summed E-state index contributed by atoms with van der Waals surface area (Å²) in [5, 5.41) is 3.46. The minimum Gasteiger partial charge on any atom is -0.496 e. The fourth-order valence-corrected chi connectivity index (χ4v) is 2.11. The maximum absolute atomic E-state index is 5.19. The molecular formula is C12H18BrNO. The van der Waals surface area contributed by atoms with E-state index in [1.165, 1.54) is 5.56 Å². The van der Waals surface area contributed by atoms with Crippen molar-refractivity contribution in [3.63, 3.8) is 0 Å². The van der Waals surface area contributed by atoms with Crippen molar-refractivity contribution in [2.45, 2.75) is 32.9 Å². The van der Waals surface area contributed by atoms with Crippen LogP contribution in [0, 0.1) is 0 Å². The monoisotopic (exact) mass is 271 g/mol. The van der Waals surface area contributed by atoms with Crippen molar-refractivity contribution in [3.8, 4) is 5.75 Å². The van der Waals surface area contributed by atoms with Crippen molar-refractivity contribution in [3.05, 3.63) is 28.2 Å². The van der Waals surface area contributed by atoms with Gasteiger partial charge in [-0.1, -0.05) is 19.9 Å². The molecule has 0 saturated carbocycles. The van der Waals surface area contributed by atoms with Gasteiger partial charge in [-0.3, -0.25) is 0 Å². The summed E-state index contributed by atoms with van der Waals surface area (Å²) in [6, 6.07) is 7.01. The average Bonchev–Trinajstić information content (AvgIpc) is 2.16. The topological polar surface area (TPSA) is 21.3 Å². The van der Waals surface area contributed by atoms with Crippen LogP contribution in [-0.2, 0) is 0 Å². The second-order valence-corrected chi connectivity index (χ2v) is 4.79. The number of hydrogen-bond donors (Lipinski definition) is 1. The second kappa shape index (κ2) is 5.52. The Hall–Kier alpha value is -0.540. The molecule has 1 unspecified atom stereocenters. The lowest BCUT2D eigenvalue weighted by Gasteiger charge is -2.18. The molecule has 0 amide bonds. The van der Waals surface area contributed by atoms with Gasteiger partial charge < -0.3 is 10.1 Å². The first kappa shape index (κ1) is 12.5. The van der Waals surface area contributed by atoms with Crippen LogP contribution >= 0.6 is 15.9 Å². The lowest BCUT2D eigenvalue weighted by atomic mass is 10.1. The Labute approximate surface area is 100 Å². The molecule has 1 N–H and O–H groups in total. The van der Waals surface area contributed by atoms with Gasteiger partial charge in [0.15, 0.2) is 0 Å². The molecule has 0 heterocycles. The van der Waals surface area contributed by atoms with Gasteiger partial charge in [0.05, 0.1) is 11.6 Å². The van der Waals surface area contributed by atoms with Crippen LogP contribution in [0.15, 0.2) is 22.7 Å². The van der Waals surface area contributed by atoms with Crippen LogP contribution in [0.1, 0.15) is 32.4 Å². The molecule has 2 nitrogen and oxygen atoms in total. The molecule has 0 aromatic heterocycles. The van der Waals surface area contributed by atoms with E-state index in [9.17, 15) is 0 Å². The zero-order chi connectivity index (χ0) is 11.4. The summed E-state index contributed by atoms with van der Waals surface area (Å²) in [6.45, 7) is 6.46. The molecule has 0 radical (unpaired) electrons. The second-order valence-electron chi connectivity index (χ2n) is 3.94. The molecule has 1 aromatic carbocycles. The fraction of sp³-hybridized carbons (Fsp3) is 0.500. The maximum atomic E-state index is 5.19. The molecule has 84 valence electrons. The summed E-state index contributed by atoms with van der Waals surface area (Å²) >= 11 is 3.49. The predicted molar refractivity (Wildman–Crippen MR) is 67.4 cm³/mol. The van der Waals surface area contributed by atoms with Crippen LogP contribution < -0.4 is 10.1 Å². The van der Waals surface area contributed by atoms with E-state index in [2.05, 4.69) is 54.2 Å². The van der Waals surface area contributed by atoms with Crippen LogP contribution in [0.5, 0.6) is 5.75 Å². The van der Waals surface area contributed by atoms with Crippen molar-refractivity contribution >= 4 is 15.9 Å². The highest BCUT2D eigenvalue weighted by Gasteiger charge is 2.08. The molecule has 0 aliphatic carbocycles. The number of benzene rings is 1. The van der Waals surface area contributed by atoms with Gasteiger partial charge in [0.25, 0.3) is 0 Å². The molecule has 15 heavy (non-hydrogen) atoms. The van der Waals surface area contributed by atoms with E-state index < -0.39 is 0 Å². The van der Waals surface area contributed by atoms with Crippen molar-refractivity contribution in [1.82, 2.24) is 5.32 Å². The SMILES string of the molecule is COc1ccc(C(C)NC(C)C)cc1Br. The number of rotatable bonds is 4. The van der Waals surface area contributed by atoms with E-state index >= 15 is 0 Å². The third kappa shape index (κ3) is 3.50. The van der Waals surface area contributed by atoms with Crippen LogP contribution in [0.3, 0.4) is 0 Å². The molecule has 0 spiro atoms. The summed E-state index contributed by atoms with van der Waals surface area (Å²) in [5.74, 6) is 0.871. The number of methoxy groups -OCH3 is 1. The van der Waals surface area contributed by atoms with Gasteiger partial charge in [0, 0.05) is 12.1 Å². The average molecular weight is 272 g/mol. The predicted octanol–water partition coefficient (Wildman–Crippen LogP) is 3.52. The highest BCUT2D eigenvalue weighted by molar-refractivity contribution is 9.10. The molecule has 0 fully saturated rings. The third-order valence-electron chi connectivity index (χ3n) is 2.26. The van der Waals surface area contributed by atoms with E-state index in [-0.39, 0.29) is 0 Å². The van der Waals surface area contributed by atoms with Crippen LogP contribution in [0.25, 0.3) is 0 Å². The van der Waals surface area contributed by atoms with Gasteiger partial charge in [-0.05, 0) is 40.5 Å². The van der Waals surface area contributed by atoms with Crippen LogP contribution in [0.2, 0.25) is 0 Å². The highest BCUT2D eigenvalue weighted by atomic mass is 79.9. The molecule has 0 saturated heterocycles. The normalized spacial score (nSPS) is 12.9. The molecule has 0 aliphatic rings. The largest absolute Gasteiger partial charge is 0.496 e. The fourth-order valence-electron chi connectivity index (χ4n) is 1.55. The first-order chi connectivity index (χ1) is 7.04. The van der Waals surface area contributed by atoms with E-state index in [0.29, 0.717) is 12.1 Å². The lowest BCUT2D eigenvalue weighted by molar-refractivity contribution is 0.411. The number of nitrogens with one attached hydrogen (secondary N) is 1. The molecule has 1 aromatic rings. The Bertz CT molecular complexity index is 325. The van der Waals surface area contributed by atoms with Crippen molar-refractivity contribution in [1.29, 1.82) is 0 Å². The van der Waals surface area contributed by atoms with Crippen molar-refractivity contribution < 1.29 is 4.74 Å². The summed E-state index contributed by atoms with van der Waals surface area (Å²) in [7, 11) is 1.68. The lowest BCUT2D eigenvalue weighted by Crippen LogP contribution is -2.25. The Morgan fingerprint density at radius 2 is 1.93 bits per heavy atom. The van der Waals surface area contributed by atoms with Crippen molar-refractivity contribution in [2.24, 2.45) is 0 Å². The zero-order valence-corrected chi connectivity index (χ0v) is 11.3. The first-order valence-corrected chi connectivity index (χ1v) is 5.93. The molecule has 3 heteroatoms.